The first-order chi connectivity index (χ1) is 5.38. The van der Waals surface area contributed by atoms with Crippen LogP contribution in [0, 0.1) is 22.7 Å². The summed E-state index contributed by atoms with van der Waals surface area (Å²) in [6.45, 7) is 4.00. The van der Waals surface area contributed by atoms with Gasteiger partial charge in [0.1, 0.15) is 12.1 Å². The van der Waals surface area contributed by atoms with Gasteiger partial charge in [-0.2, -0.15) is 10.5 Å². The first-order valence-corrected chi connectivity index (χ1v) is 3.22. The number of nitriles is 2. The highest BCUT2D eigenvalue weighted by atomic mass is 14.9. The zero-order chi connectivity index (χ0) is 8.69. The van der Waals surface area contributed by atoms with Crippen LogP contribution < -0.4 is 0 Å². The Morgan fingerprint density at radius 2 is 2.00 bits per heavy atom. The van der Waals surface area contributed by atoms with Crippen molar-refractivity contribution >= 4 is 0 Å². The van der Waals surface area contributed by atoms with Crippen molar-refractivity contribution in [3.05, 3.63) is 17.7 Å². The standard InChI is InChI=1S/C5H2N4.C2H6/c6-1-4-5(2-7)9-3-8-4;1-2/h3H,(H,8,9);1-2H3. The molecule has 0 aliphatic heterocycles. The number of nitrogens with zero attached hydrogens (tertiary/aromatic N) is 3. The quantitative estimate of drug-likeness (QED) is 0.600. The van der Waals surface area contributed by atoms with E-state index in [1.807, 2.05) is 13.8 Å². The van der Waals surface area contributed by atoms with Crippen molar-refractivity contribution in [1.29, 1.82) is 10.5 Å². The SMILES string of the molecule is CC.N#Cc1nc[nH]c1C#N. The first kappa shape index (κ1) is 9.19. The summed E-state index contributed by atoms with van der Waals surface area (Å²) in [5.74, 6) is 0. The molecule has 11 heavy (non-hydrogen) atoms. The highest BCUT2D eigenvalue weighted by Crippen LogP contribution is 1.95. The zero-order valence-electron chi connectivity index (χ0n) is 6.42. The monoisotopic (exact) mass is 148 g/mol. The molecule has 1 aromatic rings. The van der Waals surface area contributed by atoms with E-state index in [2.05, 4.69) is 9.97 Å². The molecule has 0 aliphatic rings. The number of rotatable bonds is 0. The van der Waals surface area contributed by atoms with E-state index in [0.717, 1.165) is 0 Å². The minimum Gasteiger partial charge on any atom is -0.335 e. The third-order valence-corrected chi connectivity index (χ3v) is 0.857. The minimum absolute atomic E-state index is 0.150. The van der Waals surface area contributed by atoms with Crippen molar-refractivity contribution in [3.8, 4) is 12.1 Å². The number of nitrogens with one attached hydrogen (secondary N) is 1. The van der Waals surface area contributed by atoms with Crippen LogP contribution in [0.1, 0.15) is 25.2 Å². The molecule has 1 rings (SSSR count). The Balaban J connectivity index is 0.000000461. The number of H-pyrrole nitrogens is 1. The van der Waals surface area contributed by atoms with Gasteiger partial charge in [-0.1, -0.05) is 13.8 Å². The maximum absolute atomic E-state index is 8.27. The van der Waals surface area contributed by atoms with Crippen LogP contribution in [0.4, 0.5) is 0 Å². The second kappa shape index (κ2) is 5.01. The first-order valence-electron chi connectivity index (χ1n) is 3.22. The second-order valence-electron chi connectivity index (χ2n) is 1.35. The Labute approximate surface area is 65.1 Å². The maximum Gasteiger partial charge on any atom is 0.176 e. The number of aromatic nitrogens is 2. The minimum atomic E-state index is 0.150. The molecule has 0 unspecified atom stereocenters. The molecule has 0 atom stereocenters. The highest BCUT2D eigenvalue weighted by molar-refractivity contribution is 5.34. The summed E-state index contributed by atoms with van der Waals surface area (Å²) in [4.78, 5) is 6.08. The molecular weight excluding hydrogens is 140 g/mol. The summed E-state index contributed by atoms with van der Waals surface area (Å²) >= 11 is 0. The lowest BCUT2D eigenvalue weighted by Gasteiger charge is -1.73. The Morgan fingerprint density at radius 1 is 1.36 bits per heavy atom. The molecular formula is C7H8N4. The van der Waals surface area contributed by atoms with E-state index >= 15 is 0 Å². The molecule has 0 bridgehead atoms. The van der Waals surface area contributed by atoms with Gasteiger partial charge in [0.25, 0.3) is 0 Å². The van der Waals surface area contributed by atoms with Gasteiger partial charge >= 0.3 is 0 Å². The third-order valence-electron chi connectivity index (χ3n) is 0.857. The van der Waals surface area contributed by atoms with Gasteiger partial charge in [-0.15, -0.1) is 0 Å². The average molecular weight is 148 g/mol. The van der Waals surface area contributed by atoms with E-state index in [1.54, 1.807) is 12.1 Å². The molecule has 0 aromatic carbocycles. The van der Waals surface area contributed by atoms with E-state index < -0.39 is 0 Å². The van der Waals surface area contributed by atoms with Crippen molar-refractivity contribution in [3.63, 3.8) is 0 Å². The van der Waals surface area contributed by atoms with Crippen molar-refractivity contribution in [1.82, 2.24) is 9.97 Å². The maximum atomic E-state index is 8.27. The zero-order valence-corrected chi connectivity index (χ0v) is 6.42. The van der Waals surface area contributed by atoms with E-state index in [4.69, 9.17) is 10.5 Å². The molecule has 0 saturated heterocycles. The summed E-state index contributed by atoms with van der Waals surface area (Å²) < 4.78 is 0. The molecule has 4 nitrogen and oxygen atoms in total. The fourth-order valence-corrected chi connectivity index (χ4v) is 0.464. The van der Waals surface area contributed by atoms with E-state index in [1.165, 1.54) is 6.33 Å². The van der Waals surface area contributed by atoms with Crippen LogP contribution in [0.3, 0.4) is 0 Å². The Bertz CT molecular complexity index is 258. The van der Waals surface area contributed by atoms with E-state index in [-0.39, 0.29) is 11.4 Å². The van der Waals surface area contributed by atoms with Gasteiger partial charge in [0.05, 0.1) is 6.33 Å². The molecule has 0 aliphatic carbocycles. The molecule has 4 heteroatoms. The van der Waals surface area contributed by atoms with Gasteiger partial charge in [0.15, 0.2) is 11.4 Å². The smallest absolute Gasteiger partial charge is 0.176 e. The lowest BCUT2D eigenvalue weighted by atomic mass is 10.4. The molecule has 1 heterocycles. The summed E-state index contributed by atoms with van der Waals surface area (Å²) in [5.41, 5.74) is 0.370. The van der Waals surface area contributed by atoms with E-state index in [0.29, 0.717) is 0 Å². The number of aromatic amines is 1. The Morgan fingerprint density at radius 3 is 2.36 bits per heavy atom. The van der Waals surface area contributed by atoms with Crippen LogP contribution in [0.5, 0.6) is 0 Å². The molecule has 0 fully saturated rings. The van der Waals surface area contributed by atoms with Crippen molar-refractivity contribution in [2.24, 2.45) is 0 Å². The van der Waals surface area contributed by atoms with Crippen LogP contribution in [0.15, 0.2) is 6.33 Å². The Kier molecular flexibility index (Phi) is 4.19. The number of hydrogen-bond acceptors (Lipinski definition) is 3. The lowest BCUT2D eigenvalue weighted by molar-refractivity contribution is 1.29. The van der Waals surface area contributed by atoms with Crippen LogP contribution >= 0.6 is 0 Å². The van der Waals surface area contributed by atoms with Crippen LogP contribution in [-0.2, 0) is 0 Å². The van der Waals surface area contributed by atoms with Crippen LogP contribution in [0.2, 0.25) is 0 Å². The van der Waals surface area contributed by atoms with Gasteiger partial charge in [-0.05, 0) is 0 Å². The summed E-state index contributed by atoms with van der Waals surface area (Å²) in [5, 5.41) is 16.5. The Hall–Kier alpha value is -1.81. The van der Waals surface area contributed by atoms with Gasteiger partial charge in [-0.3, -0.25) is 0 Å². The van der Waals surface area contributed by atoms with E-state index in [9.17, 15) is 0 Å². The predicted octanol–water partition coefficient (Wildman–Crippen LogP) is 1.18. The van der Waals surface area contributed by atoms with Crippen molar-refractivity contribution < 1.29 is 0 Å². The molecule has 0 spiro atoms. The number of hydrogen-bond donors (Lipinski definition) is 1. The average Bonchev–Trinajstić information content (AvgIpc) is 2.54. The third kappa shape index (κ3) is 2.11. The van der Waals surface area contributed by atoms with Crippen molar-refractivity contribution in [2.45, 2.75) is 13.8 Å². The molecule has 1 N–H and O–H groups in total. The normalized spacial score (nSPS) is 6.91. The summed E-state index contributed by atoms with van der Waals surface area (Å²) in [6, 6.07) is 3.55. The lowest BCUT2D eigenvalue weighted by Crippen LogP contribution is -1.77. The topological polar surface area (TPSA) is 76.3 Å². The molecule has 0 radical (unpaired) electrons. The van der Waals surface area contributed by atoms with Gasteiger partial charge < -0.3 is 4.98 Å². The molecule has 1 aromatic heterocycles. The van der Waals surface area contributed by atoms with Gasteiger partial charge in [-0.25, -0.2) is 4.98 Å². The largest absolute Gasteiger partial charge is 0.335 e. The van der Waals surface area contributed by atoms with Crippen molar-refractivity contribution in [2.75, 3.05) is 0 Å². The molecule has 0 saturated carbocycles. The predicted molar refractivity (Wildman–Crippen MR) is 39.4 cm³/mol. The van der Waals surface area contributed by atoms with Crippen LogP contribution in [0.25, 0.3) is 0 Å². The summed E-state index contributed by atoms with van der Waals surface area (Å²) in [7, 11) is 0. The fourth-order valence-electron chi connectivity index (χ4n) is 0.464. The molecule has 56 valence electrons. The van der Waals surface area contributed by atoms with Gasteiger partial charge in [0, 0.05) is 0 Å². The van der Waals surface area contributed by atoms with Crippen LogP contribution in [-0.4, -0.2) is 9.97 Å². The fraction of sp³-hybridized carbons (Fsp3) is 0.286. The number of imidazole rings is 1. The highest BCUT2D eigenvalue weighted by Gasteiger charge is 1.99. The molecule has 0 amide bonds. The second-order valence-corrected chi connectivity index (χ2v) is 1.35. The van der Waals surface area contributed by atoms with Gasteiger partial charge in [0.2, 0.25) is 0 Å². The summed E-state index contributed by atoms with van der Waals surface area (Å²) in [6.07, 6.45) is 1.32.